The lowest BCUT2D eigenvalue weighted by molar-refractivity contribution is -0.119. The smallest absolute Gasteiger partial charge is 0.228 e. The lowest BCUT2D eigenvalue weighted by Crippen LogP contribution is -2.19. The molecule has 0 saturated heterocycles. The number of hydrogen-bond donors (Lipinski definition) is 1. The summed E-state index contributed by atoms with van der Waals surface area (Å²) in [7, 11) is 1.59. The predicted octanol–water partition coefficient (Wildman–Crippen LogP) is 2.18. The first-order valence-corrected chi connectivity index (χ1v) is 4.99. The normalized spacial score (nSPS) is 11.3. The highest BCUT2D eigenvalue weighted by molar-refractivity contribution is 5.92. The summed E-state index contributed by atoms with van der Waals surface area (Å²) in [6.45, 7) is 1.72. The molecule has 1 aromatic rings. The molecule has 4 heteroatoms. The Morgan fingerprint density at radius 3 is 2.62 bits per heavy atom. The maximum Gasteiger partial charge on any atom is 0.228 e. The first-order chi connectivity index (χ1) is 7.67. The van der Waals surface area contributed by atoms with Crippen molar-refractivity contribution >= 4 is 11.6 Å². The first kappa shape index (κ1) is 12.1. The minimum absolute atomic E-state index is 0.147. The third-order valence-corrected chi connectivity index (χ3v) is 2.20. The molecule has 1 aromatic carbocycles. The van der Waals surface area contributed by atoms with Gasteiger partial charge in [-0.1, -0.05) is 6.92 Å². The number of nitrogens with one attached hydrogen (secondary N) is 1. The largest absolute Gasteiger partial charge is 0.497 e. The summed E-state index contributed by atoms with van der Waals surface area (Å²) in [5.41, 5.74) is 0.704. The number of anilines is 1. The lowest BCUT2D eigenvalue weighted by Gasteiger charge is -2.09. The van der Waals surface area contributed by atoms with Gasteiger partial charge in [-0.25, -0.2) is 0 Å². The summed E-state index contributed by atoms with van der Waals surface area (Å²) in [5.74, 6) is 0.293. The third kappa shape index (κ3) is 3.28. The van der Waals surface area contributed by atoms with Gasteiger partial charge < -0.3 is 10.1 Å². The molecule has 1 amide bonds. The van der Waals surface area contributed by atoms with Crippen LogP contribution in [0.4, 0.5) is 5.69 Å². The number of carbonyl (C=O) groups excluding carboxylic acids is 1. The number of carbonyl (C=O) groups is 1. The van der Waals surface area contributed by atoms with Crippen LogP contribution in [0.25, 0.3) is 0 Å². The van der Waals surface area contributed by atoms with E-state index in [9.17, 15) is 4.79 Å². The molecular formula is C12H14N2O2. The Labute approximate surface area is 94.8 Å². The van der Waals surface area contributed by atoms with Crippen molar-refractivity contribution in [1.82, 2.24) is 0 Å². The highest BCUT2D eigenvalue weighted by Crippen LogP contribution is 2.16. The number of hydrogen-bond acceptors (Lipinski definition) is 3. The molecule has 0 fully saturated rings. The number of ether oxygens (including phenoxy) is 1. The molecule has 0 bridgehead atoms. The van der Waals surface area contributed by atoms with E-state index in [1.807, 2.05) is 6.07 Å². The van der Waals surface area contributed by atoms with Gasteiger partial charge in [-0.3, -0.25) is 4.79 Å². The van der Waals surface area contributed by atoms with Crippen LogP contribution in [-0.4, -0.2) is 13.0 Å². The molecule has 84 valence electrons. The summed E-state index contributed by atoms with van der Waals surface area (Å²) in [5, 5.41) is 11.2. The van der Waals surface area contributed by atoms with E-state index in [0.717, 1.165) is 5.75 Å². The molecule has 0 aliphatic rings. The van der Waals surface area contributed by atoms with Crippen LogP contribution < -0.4 is 10.1 Å². The van der Waals surface area contributed by atoms with Crippen molar-refractivity contribution in [2.24, 2.45) is 5.92 Å². The van der Waals surface area contributed by atoms with E-state index in [0.29, 0.717) is 5.69 Å². The van der Waals surface area contributed by atoms with Gasteiger partial charge >= 0.3 is 0 Å². The van der Waals surface area contributed by atoms with Gasteiger partial charge in [-0.05, 0) is 24.3 Å². The molecule has 4 nitrogen and oxygen atoms in total. The SMILES string of the molecule is COc1ccc(NC(=O)C(C)CC#N)cc1. The highest BCUT2D eigenvalue weighted by atomic mass is 16.5. The number of nitrogens with zero attached hydrogens (tertiary/aromatic N) is 1. The third-order valence-electron chi connectivity index (χ3n) is 2.20. The van der Waals surface area contributed by atoms with E-state index < -0.39 is 0 Å². The maximum atomic E-state index is 11.6. The lowest BCUT2D eigenvalue weighted by atomic mass is 10.1. The van der Waals surface area contributed by atoms with E-state index in [4.69, 9.17) is 10.00 Å². The second-order valence-corrected chi connectivity index (χ2v) is 3.48. The van der Waals surface area contributed by atoms with E-state index >= 15 is 0 Å². The Balaban J connectivity index is 2.59. The molecule has 1 N–H and O–H groups in total. The average molecular weight is 218 g/mol. The Hall–Kier alpha value is -2.02. The highest BCUT2D eigenvalue weighted by Gasteiger charge is 2.12. The van der Waals surface area contributed by atoms with E-state index in [2.05, 4.69) is 5.32 Å². The molecule has 16 heavy (non-hydrogen) atoms. The second-order valence-electron chi connectivity index (χ2n) is 3.48. The fourth-order valence-electron chi connectivity index (χ4n) is 1.17. The van der Waals surface area contributed by atoms with Gasteiger partial charge in [0.1, 0.15) is 5.75 Å². The topological polar surface area (TPSA) is 62.1 Å². The molecule has 0 aliphatic carbocycles. The quantitative estimate of drug-likeness (QED) is 0.842. The van der Waals surface area contributed by atoms with Crippen LogP contribution >= 0.6 is 0 Å². The minimum atomic E-state index is -0.299. The molecule has 0 aromatic heterocycles. The number of amides is 1. The molecule has 0 saturated carbocycles. The molecule has 0 spiro atoms. The van der Waals surface area contributed by atoms with Crippen LogP contribution in [0.1, 0.15) is 13.3 Å². The molecule has 1 unspecified atom stereocenters. The Bertz CT molecular complexity index is 392. The summed E-state index contributed by atoms with van der Waals surface area (Å²) < 4.78 is 5.00. The van der Waals surface area contributed by atoms with Gasteiger partial charge in [0, 0.05) is 18.0 Å². The molecule has 0 aliphatic heterocycles. The Kier molecular flexibility index (Phi) is 4.34. The van der Waals surface area contributed by atoms with E-state index in [1.54, 1.807) is 38.3 Å². The number of methoxy groups -OCH3 is 1. The fourth-order valence-corrected chi connectivity index (χ4v) is 1.17. The van der Waals surface area contributed by atoms with E-state index in [1.165, 1.54) is 0 Å². The zero-order chi connectivity index (χ0) is 12.0. The molecule has 0 radical (unpaired) electrons. The Morgan fingerprint density at radius 1 is 1.50 bits per heavy atom. The summed E-state index contributed by atoms with van der Waals surface area (Å²) >= 11 is 0. The summed E-state index contributed by atoms with van der Waals surface area (Å²) in [4.78, 5) is 11.6. The van der Waals surface area contributed by atoms with Gasteiger partial charge in [0.25, 0.3) is 0 Å². The standard InChI is InChI=1S/C12H14N2O2/c1-9(7-8-13)12(15)14-10-3-5-11(16-2)6-4-10/h3-6,9H,7H2,1-2H3,(H,14,15). The van der Waals surface area contributed by atoms with Crippen molar-refractivity contribution in [3.8, 4) is 11.8 Å². The van der Waals surface area contributed by atoms with Crippen LogP contribution in [0, 0.1) is 17.2 Å². The zero-order valence-corrected chi connectivity index (χ0v) is 9.36. The molecular weight excluding hydrogens is 204 g/mol. The van der Waals surface area contributed by atoms with Crippen molar-refractivity contribution in [3.05, 3.63) is 24.3 Å². The minimum Gasteiger partial charge on any atom is -0.497 e. The van der Waals surface area contributed by atoms with Crippen LogP contribution in [0.15, 0.2) is 24.3 Å². The van der Waals surface area contributed by atoms with Crippen molar-refractivity contribution in [3.63, 3.8) is 0 Å². The molecule has 0 heterocycles. The predicted molar refractivity (Wildman–Crippen MR) is 61.0 cm³/mol. The molecule has 1 atom stereocenters. The number of benzene rings is 1. The summed E-state index contributed by atoms with van der Waals surface area (Å²) in [6.07, 6.45) is 0.224. The first-order valence-electron chi connectivity index (χ1n) is 4.99. The zero-order valence-electron chi connectivity index (χ0n) is 9.36. The van der Waals surface area contributed by atoms with Crippen molar-refractivity contribution in [2.75, 3.05) is 12.4 Å². The maximum absolute atomic E-state index is 11.6. The number of nitriles is 1. The average Bonchev–Trinajstić information content (AvgIpc) is 2.30. The van der Waals surface area contributed by atoms with Gasteiger partial charge in [-0.2, -0.15) is 5.26 Å². The van der Waals surface area contributed by atoms with Gasteiger partial charge in [0.2, 0.25) is 5.91 Å². The fraction of sp³-hybridized carbons (Fsp3) is 0.333. The second kappa shape index (κ2) is 5.76. The van der Waals surface area contributed by atoms with Gasteiger partial charge in [-0.15, -0.1) is 0 Å². The molecule has 1 rings (SSSR count). The van der Waals surface area contributed by atoms with Crippen molar-refractivity contribution in [1.29, 1.82) is 5.26 Å². The Morgan fingerprint density at radius 2 is 2.12 bits per heavy atom. The van der Waals surface area contributed by atoms with Gasteiger partial charge in [0.05, 0.1) is 13.2 Å². The van der Waals surface area contributed by atoms with Crippen molar-refractivity contribution in [2.45, 2.75) is 13.3 Å². The van der Waals surface area contributed by atoms with Crippen molar-refractivity contribution < 1.29 is 9.53 Å². The van der Waals surface area contributed by atoms with E-state index in [-0.39, 0.29) is 18.2 Å². The van der Waals surface area contributed by atoms with Crippen LogP contribution in [-0.2, 0) is 4.79 Å². The van der Waals surface area contributed by atoms with Crippen LogP contribution in [0.3, 0.4) is 0 Å². The summed E-state index contributed by atoms with van der Waals surface area (Å²) in [6, 6.07) is 9.03. The van der Waals surface area contributed by atoms with Gasteiger partial charge in [0.15, 0.2) is 0 Å². The number of rotatable bonds is 4. The van der Waals surface area contributed by atoms with Crippen LogP contribution in [0.5, 0.6) is 5.75 Å². The van der Waals surface area contributed by atoms with Crippen LogP contribution in [0.2, 0.25) is 0 Å². The monoisotopic (exact) mass is 218 g/mol.